The van der Waals surface area contributed by atoms with E-state index in [9.17, 15) is 4.79 Å². The summed E-state index contributed by atoms with van der Waals surface area (Å²) in [5, 5.41) is 9.47. The molecule has 0 fully saturated rings. The van der Waals surface area contributed by atoms with Crippen molar-refractivity contribution in [3.63, 3.8) is 0 Å². The first kappa shape index (κ1) is 21.1. The van der Waals surface area contributed by atoms with Crippen LogP contribution in [0.3, 0.4) is 0 Å². The van der Waals surface area contributed by atoms with E-state index in [4.69, 9.17) is 23.2 Å². The van der Waals surface area contributed by atoms with Gasteiger partial charge in [-0.25, -0.2) is 15.1 Å². The second-order valence-electron chi connectivity index (χ2n) is 6.99. The average Bonchev–Trinajstić information content (AvgIpc) is 3.22. The molecule has 2 heterocycles. The molecule has 0 saturated carbocycles. The van der Waals surface area contributed by atoms with E-state index >= 15 is 0 Å². The lowest BCUT2D eigenvalue weighted by molar-refractivity contribution is 0.0955. The lowest BCUT2D eigenvalue weighted by Crippen LogP contribution is -2.17. The number of aromatic nitrogens is 4. The number of carbonyl (C=O) groups excluding carboxylic acids is 1. The van der Waals surface area contributed by atoms with Crippen LogP contribution in [0.5, 0.6) is 0 Å². The normalized spacial score (nSPS) is 11.5. The van der Waals surface area contributed by atoms with Crippen LogP contribution in [0.4, 0.5) is 0 Å². The van der Waals surface area contributed by atoms with Crippen molar-refractivity contribution in [2.45, 2.75) is 27.3 Å². The molecule has 0 radical (unpaired) electrons. The third kappa shape index (κ3) is 4.06. The summed E-state index contributed by atoms with van der Waals surface area (Å²) in [6.07, 6.45) is 1.48. The number of imidazole rings is 1. The summed E-state index contributed by atoms with van der Waals surface area (Å²) in [6, 6.07) is 12.6. The molecule has 1 N–H and O–H groups in total. The lowest BCUT2D eigenvalue weighted by Gasteiger charge is -2.03. The van der Waals surface area contributed by atoms with Gasteiger partial charge < -0.3 is 4.57 Å². The molecule has 0 bridgehead atoms. The highest BCUT2D eigenvalue weighted by atomic mass is 35.5. The summed E-state index contributed by atoms with van der Waals surface area (Å²) in [6.45, 7) is 6.64. The summed E-state index contributed by atoms with van der Waals surface area (Å²) < 4.78 is 3.67. The molecular weight excluding hydrogens is 435 g/mol. The third-order valence-electron chi connectivity index (χ3n) is 4.98. The van der Waals surface area contributed by atoms with E-state index in [1.807, 2.05) is 32.0 Å². The first-order chi connectivity index (χ1) is 14.9. The average molecular weight is 455 g/mol. The van der Waals surface area contributed by atoms with Gasteiger partial charge in [0.1, 0.15) is 11.0 Å². The van der Waals surface area contributed by atoms with Crippen molar-refractivity contribution < 1.29 is 4.79 Å². The Morgan fingerprint density at radius 2 is 2.00 bits per heavy atom. The fourth-order valence-corrected chi connectivity index (χ4v) is 3.95. The van der Waals surface area contributed by atoms with Crippen LogP contribution in [0.15, 0.2) is 47.6 Å². The van der Waals surface area contributed by atoms with E-state index in [0.29, 0.717) is 27.0 Å². The molecule has 0 saturated heterocycles. The van der Waals surface area contributed by atoms with Crippen molar-refractivity contribution in [1.29, 1.82) is 0 Å². The Morgan fingerprint density at radius 1 is 1.19 bits per heavy atom. The number of rotatable bonds is 5. The highest BCUT2D eigenvalue weighted by molar-refractivity contribution is 6.32. The summed E-state index contributed by atoms with van der Waals surface area (Å²) in [5.74, 6) is 0.577. The largest absolute Gasteiger partial charge is 0.329 e. The monoisotopic (exact) mass is 454 g/mol. The van der Waals surface area contributed by atoms with Crippen LogP contribution in [-0.4, -0.2) is 31.5 Å². The predicted molar refractivity (Wildman–Crippen MR) is 124 cm³/mol. The van der Waals surface area contributed by atoms with E-state index in [-0.39, 0.29) is 5.91 Å². The number of carbonyl (C=O) groups is 1. The molecule has 7 nitrogen and oxygen atoms in total. The Kier molecular flexibility index (Phi) is 5.80. The summed E-state index contributed by atoms with van der Waals surface area (Å²) in [5.41, 5.74) is 6.80. The van der Waals surface area contributed by atoms with Gasteiger partial charge in [-0.3, -0.25) is 4.79 Å². The smallest absolute Gasteiger partial charge is 0.271 e. The van der Waals surface area contributed by atoms with Gasteiger partial charge >= 0.3 is 0 Å². The third-order valence-corrected chi connectivity index (χ3v) is 5.58. The lowest BCUT2D eigenvalue weighted by atomic mass is 10.2. The van der Waals surface area contributed by atoms with Crippen molar-refractivity contribution in [2.75, 3.05) is 0 Å². The number of halogens is 2. The molecule has 158 valence electrons. The van der Waals surface area contributed by atoms with E-state index in [0.717, 1.165) is 29.1 Å². The predicted octanol–water partition coefficient (Wildman–Crippen LogP) is 4.93. The van der Waals surface area contributed by atoms with Crippen molar-refractivity contribution in [3.8, 4) is 5.69 Å². The molecule has 0 aliphatic rings. The minimum Gasteiger partial charge on any atom is -0.329 e. The van der Waals surface area contributed by atoms with E-state index in [1.54, 1.807) is 28.9 Å². The summed E-state index contributed by atoms with van der Waals surface area (Å²) in [4.78, 5) is 17.1. The van der Waals surface area contributed by atoms with Gasteiger partial charge in [-0.05, 0) is 57.2 Å². The highest BCUT2D eigenvalue weighted by Crippen LogP contribution is 2.24. The van der Waals surface area contributed by atoms with Gasteiger partial charge in [0.15, 0.2) is 0 Å². The zero-order chi connectivity index (χ0) is 22.1. The van der Waals surface area contributed by atoms with Gasteiger partial charge in [-0.1, -0.05) is 29.3 Å². The van der Waals surface area contributed by atoms with Gasteiger partial charge in [0.2, 0.25) is 0 Å². The number of nitrogens with one attached hydrogen (secondary N) is 1. The zero-order valence-corrected chi connectivity index (χ0v) is 18.7. The van der Waals surface area contributed by atoms with E-state index in [1.165, 1.54) is 6.21 Å². The maximum atomic E-state index is 12.5. The van der Waals surface area contributed by atoms with Crippen LogP contribution < -0.4 is 5.43 Å². The van der Waals surface area contributed by atoms with Gasteiger partial charge in [0, 0.05) is 17.1 Å². The fourth-order valence-electron chi connectivity index (χ4n) is 3.45. The van der Waals surface area contributed by atoms with Gasteiger partial charge in [0.25, 0.3) is 5.91 Å². The molecule has 0 atom stereocenters. The van der Waals surface area contributed by atoms with E-state index < -0.39 is 0 Å². The molecule has 0 aliphatic carbocycles. The standard InChI is InChI=1S/C22H20Cl2N6O/c1-4-29-14(3)26-19-10-15(8-9-20(19)29)22(31)27-25-12-18-13(2)28-30(21(18)24)17-7-5-6-16(23)11-17/h5-12H,4H2,1-3H3,(H,27,31). The van der Waals surface area contributed by atoms with Crippen molar-refractivity contribution in [3.05, 3.63) is 75.3 Å². The van der Waals surface area contributed by atoms with Crippen LogP contribution in [0.1, 0.15) is 34.4 Å². The van der Waals surface area contributed by atoms with Crippen LogP contribution in [0.25, 0.3) is 16.7 Å². The van der Waals surface area contributed by atoms with Crippen LogP contribution in [-0.2, 0) is 6.54 Å². The van der Waals surface area contributed by atoms with Crippen molar-refractivity contribution >= 4 is 46.4 Å². The van der Waals surface area contributed by atoms with Crippen molar-refractivity contribution in [2.24, 2.45) is 5.10 Å². The molecule has 0 aliphatic heterocycles. The molecule has 31 heavy (non-hydrogen) atoms. The summed E-state index contributed by atoms with van der Waals surface area (Å²) >= 11 is 12.5. The minimum absolute atomic E-state index is 0.335. The number of hydrazone groups is 1. The molecule has 4 aromatic rings. The molecular formula is C22H20Cl2N6O. The number of hydrogen-bond donors (Lipinski definition) is 1. The highest BCUT2D eigenvalue weighted by Gasteiger charge is 2.14. The number of hydrogen-bond acceptors (Lipinski definition) is 4. The molecule has 9 heteroatoms. The second-order valence-corrected chi connectivity index (χ2v) is 7.78. The Labute approximate surface area is 189 Å². The first-order valence-electron chi connectivity index (χ1n) is 9.70. The SMILES string of the molecule is CCn1c(C)nc2cc(C(=O)NN=Cc3c(C)nn(-c4cccc(Cl)c4)c3Cl)ccc21. The van der Waals surface area contributed by atoms with Gasteiger partial charge in [0.05, 0.1) is 34.2 Å². The number of amides is 1. The first-order valence-corrected chi connectivity index (χ1v) is 10.5. The second kappa shape index (κ2) is 8.53. The van der Waals surface area contributed by atoms with E-state index in [2.05, 4.69) is 32.1 Å². The zero-order valence-electron chi connectivity index (χ0n) is 17.2. The van der Waals surface area contributed by atoms with Crippen molar-refractivity contribution in [1.82, 2.24) is 24.8 Å². The molecule has 0 spiro atoms. The Balaban J connectivity index is 1.54. The molecule has 2 aromatic carbocycles. The van der Waals surface area contributed by atoms with Crippen LogP contribution in [0, 0.1) is 13.8 Å². The number of nitrogens with zero attached hydrogens (tertiary/aromatic N) is 5. The maximum absolute atomic E-state index is 12.5. The van der Waals surface area contributed by atoms with Gasteiger partial charge in [-0.15, -0.1) is 0 Å². The topological polar surface area (TPSA) is 77.1 Å². The number of aryl methyl sites for hydroxylation is 3. The number of fused-ring (bicyclic) bond motifs is 1. The quantitative estimate of drug-likeness (QED) is 0.343. The Morgan fingerprint density at radius 3 is 2.74 bits per heavy atom. The maximum Gasteiger partial charge on any atom is 0.271 e. The molecule has 0 unspecified atom stereocenters. The Bertz CT molecular complexity index is 1320. The Hall–Kier alpha value is -3.16. The van der Waals surface area contributed by atoms with Crippen LogP contribution in [0.2, 0.25) is 10.2 Å². The fraction of sp³-hybridized carbons (Fsp3) is 0.182. The molecule has 4 rings (SSSR count). The molecule has 1 amide bonds. The number of benzene rings is 2. The molecule has 2 aromatic heterocycles. The summed E-state index contributed by atoms with van der Waals surface area (Å²) in [7, 11) is 0. The van der Waals surface area contributed by atoms with Crippen LogP contribution >= 0.6 is 23.2 Å². The minimum atomic E-state index is -0.335. The van der Waals surface area contributed by atoms with Gasteiger partial charge in [-0.2, -0.15) is 10.2 Å².